The van der Waals surface area contributed by atoms with E-state index in [1.165, 1.54) is 0 Å². The zero-order valence-corrected chi connectivity index (χ0v) is 17.7. The lowest BCUT2D eigenvalue weighted by molar-refractivity contribution is -0.00345. The summed E-state index contributed by atoms with van der Waals surface area (Å²) in [7, 11) is -0.437. The van der Waals surface area contributed by atoms with E-state index >= 15 is 0 Å². The largest absolute Gasteiger partial charge is 0.495 e. The highest BCUT2D eigenvalue weighted by Crippen LogP contribution is 2.37. The van der Waals surface area contributed by atoms with Gasteiger partial charge >= 0.3 is 7.12 Å². The van der Waals surface area contributed by atoms with Crippen LogP contribution in [0.25, 0.3) is 11.1 Å². The molecule has 0 unspecified atom stereocenters. The van der Waals surface area contributed by atoms with Gasteiger partial charge in [-0.1, -0.05) is 36.4 Å². The van der Waals surface area contributed by atoms with Crippen molar-refractivity contribution in [1.29, 1.82) is 0 Å². The van der Waals surface area contributed by atoms with Gasteiger partial charge in [0, 0.05) is 5.56 Å². The van der Waals surface area contributed by atoms with Crippen molar-refractivity contribution in [2.45, 2.75) is 51.9 Å². The number of ether oxygens (including phenoxy) is 1. The first kappa shape index (κ1) is 20.1. The first-order valence-corrected chi connectivity index (χ1v) is 10.1. The number of nitrogens with one attached hydrogen (secondary N) is 1. The summed E-state index contributed by atoms with van der Waals surface area (Å²) in [5.74, 6) is -0.0747. The summed E-state index contributed by atoms with van der Waals surface area (Å²) >= 11 is 0. The predicted molar refractivity (Wildman–Crippen MR) is 114 cm³/mol. The van der Waals surface area contributed by atoms with Gasteiger partial charge in [-0.15, -0.1) is 0 Å². The summed E-state index contributed by atoms with van der Waals surface area (Å²) in [6.07, 6.45) is 0. The highest BCUT2D eigenvalue weighted by molar-refractivity contribution is 6.62. The molecule has 2 saturated heterocycles. The Kier molecular flexibility index (Phi) is 5.05. The molecule has 0 atom stereocenters. The van der Waals surface area contributed by atoms with Crippen molar-refractivity contribution in [3.63, 3.8) is 0 Å². The van der Waals surface area contributed by atoms with E-state index in [-0.39, 0.29) is 11.9 Å². The normalized spacial score (nSPS) is 20.4. The average Bonchev–Trinajstić information content (AvgIpc) is 2.85. The molecule has 0 spiro atoms. The van der Waals surface area contributed by atoms with Crippen LogP contribution >= 0.6 is 0 Å². The lowest BCUT2D eigenvalue weighted by Gasteiger charge is -2.32. The van der Waals surface area contributed by atoms with E-state index in [0.717, 1.165) is 22.2 Å². The molecule has 152 valence electrons. The van der Waals surface area contributed by atoms with E-state index in [4.69, 9.17) is 14.0 Å². The van der Waals surface area contributed by atoms with Crippen molar-refractivity contribution in [2.75, 3.05) is 13.2 Å². The first-order valence-electron chi connectivity index (χ1n) is 10.1. The monoisotopic (exact) mass is 393 g/mol. The second-order valence-corrected chi connectivity index (χ2v) is 8.86. The second kappa shape index (κ2) is 7.28. The fraction of sp³-hybridized carbons (Fsp3) is 0.435. The Balaban J connectivity index is 1.69. The van der Waals surface area contributed by atoms with Crippen LogP contribution in [-0.2, 0) is 14.0 Å². The predicted octanol–water partition coefficient (Wildman–Crippen LogP) is 3.09. The Morgan fingerprint density at radius 2 is 1.59 bits per heavy atom. The summed E-state index contributed by atoms with van der Waals surface area (Å²) in [6, 6.07) is 13.9. The van der Waals surface area contributed by atoms with E-state index in [1.54, 1.807) is 0 Å². The minimum absolute atomic E-state index is 0.0747. The van der Waals surface area contributed by atoms with Crippen LogP contribution in [0.5, 0.6) is 0 Å². The molecule has 6 heteroatoms. The Bertz CT molecular complexity index is 920. The molecule has 2 heterocycles. The lowest BCUT2D eigenvalue weighted by Crippen LogP contribution is -2.48. The maximum atomic E-state index is 12.8. The number of carbonyl (C=O) groups excluding carboxylic acids is 1. The minimum Gasteiger partial charge on any atom is -0.399 e. The molecule has 2 aliphatic rings. The summed E-state index contributed by atoms with van der Waals surface area (Å²) in [5.41, 5.74) is 3.82. The Morgan fingerprint density at radius 1 is 0.966 bits per heavy atom. The van der Waals surface area contributed by atoms with Crippen molar-refractivity contribution >= 4 is 18.5 Å². The van der Waals surface area contributed by atoms with Crippen molar-refractivity contribution in [3.05, 3.63) is 53.6 Å². The van der Waals surface area contributed by atoms with Crippen molar-refractivity contribution in [2.24, 2.45) is 0 Å². The number of carbonyl (C=O) groups is 1. The highest BCUT2D eigenvalue weighted by atomic mass is 16.7. The van der Waals surface area contributed by atoms with Gasteiger partial charge in [0.15, 0.2) is 0 Å². The van der Waals surface area contributed by atoms with Gasteiger partial charge in [0.25, 0.3) is 5.91 Å². The van der Waals surface area contributed by atoms with Crippen LogP contribution in [0, 0.1) is 6.92 Å². The van der Waals surface area contributed by atoms with Crippen LogP contribution in [0.2, 0.25) is 0 Å². The molecule has 0 bridgehead atoms. The zero-order chi connectivity index (χ0) is 20.8. The van der Waals surface area contributed by atoms with E-state index in [2.05, 4.69) is 39.9 Å². The molecule has 1 amide bonds. The van der Waals surface area contributed by atoms with E-state index in [1.807, 2.05) is 42.5 Å². The number of rotatable bonds is 4. The summed E-state index contributed by atoms with van der Waals surface area (Å²) in [4.78, 5) is 12.8. The van der Waals surface area contributed by atoms with Crippen LogP contribution in [0.15, 0.2) is 42.5 Å². The minimum atomic E-state index is -0.437. The molecule has 2 fully saturated rings. The third-order valence-corrected chi connectivity index (χ3v) is 6.32. The number of amides is 1. The third-order valence-electron chi connectivity index (χ3n) is 6.32. The maximum Gasteiger partial charge on any atom is 0.495 e. The molecule has 5 nitrogen and oxygen atoms in total. The molecule has 2 aromatic rings. The molecule has 0 radical (unpaired) electrons. The van der Waals surface area contributed by atoms with Crippen molar-refractivity contribution in [1.82, 2.24) is 5.32 Å². The van der Waals surface area contributed by atoms with Crippen molar-refractivity contribution < 1.29 is 18.8 Å². The first-order chi connectivity index (χ1) is 13.7. The van der Waals surface area contributed by atoms with E-state index in [0.29, 0.717) is 18.8 Å². The Labute approximate surface area is 172 Å². The molecule has 0 aromatic heterocycles. The third kappa shape index (κ3) is 3.61. The summed E-state index contributed by atoms with van der Waals surface area (Å²) in [5, 5.41) is 3.04. The summed E-state index contributed by atoms with van der Waals surface area (Å²) < 4.78 is 17.7. The van der Waals surface area contributed by atoms with Gasteiger partial charge in [0.1, 0.15) is 0 Å². The van der Waals surface area contributed by atoms with E-state index in [9.17, 15) is 4.79 Å². The fourth-order valence-corrected chi connectivity index (χ4v) is 3.67. The lowest BCUT2D eigenvalue weighted by atomic mass is 9.74. The van der Waals surface area contributed by atoms with Gasteiger partial charge in [-0.05, 0) is 62.8 Å². The molecule has 1 N–H and O–H groups in total. The molecule has 2 aliphatic heterocycles. The Hall–Kier alpha value is -2.15. The molecule has 29 heavy (non-hydrogen) atoms. The van der Waals surface area contributed by atoms with Crippen molar-refractivity contribution in [3.8, 4) is 11.1 Å². The molecule has 4 rings (SSSR count). The topological polar surface area (TPSA) is 56.8 Å². The van der Waals surface area contributed by atoms with Crippen LogP contribution < -0.4 is 10.8 Å². The van der Waals surface area contributed by atoms with Gasteiger partial charge < -0.3 is 19.4 Å². The molecular weight excluding hydrogens is 365 g/mol. The molecular formula is C23H28BNO4. The van der Waals surface area contributed by atoms with Crippen LogP contribution in [0.4, 0.5) is 0 Å². The molecule has 0 aliphatic carbocycles. The molecule has 0 saturated carbocycles. The van der Waals surface area contributed by atoms with Crippen LogP contribution in [-0.4, -0.2) is 43.5 Å². The second-order valence-electron chi connectivity index (χ2n) is 8.86. The fourth-order valence-electron chi connectivity index (χ4n) is 3.67. The molecule has 2 aromatic carbocycles. The number of hydrogen-bond donors (Lipinski definition) is 1. The Morgan fingerprint density at radius 3 is 2.21 bits per heavy atom. The number of benzene rings is 2. The standard InChI is InChI=1S/C23H28BNO4/c1-15-17(11-8-12-20(15)24-28-22(2,3)23(4,5)29-24)18-9-6-7-10-19(18)21(26)25-16-13-27-14-16/h6-12,16H,13-14H2,1-5H3,(H,25,26). The van der Waals surface area contributed by atoms with Crippen LogP contribution in [0.3, 0.4) is 0 Å². The van der Waals surface area contributed by atoms with Crippen LogP contribution in [0.1, 0.15) is 43.6 Å². The summed E-state index contributed by atoms with van der Waals surface area (Å²) in [6.45, 7) is 11.4. The van der Waals surface area contributed by atoms with Gasteiger partial charge in [0.05, 0.1) is 30.5 Å². The average molecular weight is 393 g/mol. The van der Waals surface area contributed by atoms with E-state index < -0.39 is 18.3 Å². The SMILES string of the molecule is Cc1c(B2OC(C)(C)C(C)(C)O2)cccc1-c1ccccc1C(=O)NC1COC1. The van der Waals surface area contributed by atoms with Gasteiger partial charge in [-0.2, -0.15) is 0 Å². The maximum absolute atomic E-state index is 12.8. The quantitative estimate of drug-likeness (QED) is 0.812. The number of hydrogen-bond acceptors (Lipinski definition) is 4. The van der Waals surface area contributed by atoms with Gasteiger partial charge in [-0.3, -0.25) is 4.79 Å². The smallest absolute Gasteiger partial charge is 0.399 e. The highest BCUT2D eigenvalue weighted by Gasteiger charge is 2.52. The van der Waals surface area contributed by atoms with Gasteiger partial charge in [0.2, 0.25) is 0 Å². The zero-order valence-electron chi connectivity index (χ0n) is 17.7. The van der Waals surface area contributed by atoms with Gasteiger partial charge in [-0.25, -0.2) is 0 Å².